The van der Waals surface area contributed by atoms with E-state index in [1.54, 1.807) is 11.4 Å². The SMILES string of the molecule is CC(C)CNC(=O)c1csc(COc2ccc3c(c2)[C@@H](c2cccc(F)c2)N(C(=O)C(C)C)CC3)n1. The molecule has 2 aromatic carbocycles. The highest BCUT2D eigenvalue weighted by atomic mass is 32.1. The number of rotatable bonds is 8. The molecular weight excluding hydrogens is 477 g/mol. The molecule has 6 nitrogen and oxygen atoms in total. The van der Waals surface area contributed by atoms with Gasteiger partial charge in [-0.2, -0.15) is 0 Å². The number of carbonyl (C=O) groups excluding carboxylic acids is 2. The van der Waals surface area contributed by atoms with Crippen LogP contribution in [0, 0.1) is 17.7 Å². The maximum absolute atomic E-state index is 14.2. The Bertz CT molecular complexity index is 1240. The summed E-state index contributed by atoms with van der Waals surface area (Å²) in [5.74, 6) is 0.345. The Hall–Kier alpha value is -3.26. The summed E-state index contributed by atoms with van der Waals surface area (Å²) in [5.41, 5.74) is 3.17. The van der Waals surface area contributed by atoms with Gasteiger partial charge in [0.25, 0.3) is 5.91 Å². The van der Waals surface area contributed by atoms with E-state index in [0.29, 0.717) is 35.5 Å². The van der Waals surface area contributed by atoms with Crippen molar-refractivity contribution in [1.29, 1.82) is 0 Å². The molecule has 0 fully saturated rings. The summed E-state index contributed by atoms with van der Waals surface area (Å²) < 4.78 is 20.2. The second kappa shape index (κ2) is 11.2. The molecule has 0 saturated carbocycles. The summed E-state index contributed by atoms with van der Waals surface area (Å²) in [6, 6.07) is 11.9. The van der Waals surface area contributed by atoms with E-state index < -0.39 is 0 Å². The maximum atomic E-state index is 14.2. The molecule has 8 heteroatoms. The highest BCUT2D eigenvalue weighted by Gasteiger charge is 2.33. The number of nitrogens with one attached hydrogen (secondary N) is 1. The molecule has 4 rings (SSSR count). The Labute approximate surface area is 215 Å². The molecular formula is C28H32FN3O3S. The topological polar surface area (TPSA) is 71.5 Å². The number of aromatic nitrogens is 1. The van der Waals surface area contributed by atoms with Crippen molar-refractivity contribution in [2.24, 2.45) is 11.8 Å². The minimum absolute atomic E-state index is 0.0345. The molecule has 2 amide bonds. The van der Waals surface area contributed by atoms with Gasteiger partial charge in [-0.25, -0.2) is 9.37 Å². The van der Waals surface area contributed by atoms with Gasteiger partial charge in [0.1, 0.15) is 28.9 Å². The third-order valence-corrected chi connectivity index (χ3v) is 6.93. The van der Waals surface area contributed by atoms with Crippen LogP contribution in [0.2, 0.25) is 0 Å². The highest BCUT2D eigenvalue weighted by Crippen LogP contribution is 2.38. The number of halogens is 1. The molecule has 1 aromatic heterocycles. The van der Waals surface area contributed by atoms with Gasteiger partial charge in [0.05, 0.1) is 6.04 Å². The van der Waals surface area contributed by atoms with Gasteiger partial charge >= 0.3 is 0 Å². The Morgan fingerprint density at radius 1 is 1.19 bits per heavy atom. The lowest BCUT2D eigenvalue weighted by atomic mass is 9.87. The van der Waals surface area contributed by atoms with Gasteiger partial charge in [-0.05, 0) is 53.3 Å². The molecule has 1 aliphatic rings. The van der Waals surface area contributed by atoms with E-state index in [2.05, 4.69) is 10.3 Å². The lowest BCUT2D eigenvalue weighted by molar-refractivity contribution is -0.136. The number of hydrogen-bond donors (Lipinski definition) is 1. The normalized spacial score (nSPS) is 15.2. The van der Waals surface area contributed by atoms with E-state index in [0.717, 1.165) is 23.1 Å². The Morgan fingerprint density at radius 2 is 2.00 bits per heavy atom. The zero-order valence-electron chi connectivity index (χ0n) is 21.1. The van der Waals surface area contributed by atoms with Gasteiger partial charge in [0.2, 0.25) is 5.91 Å². The predicted molar refractivity (Wildman–Crippen MR) is 139 cm³/mol. The van der Waals surface area contributed by atoms with Gasteiger partial charge in [0.15, 0.2) is 0 Å². The van der Waals surface area contributed by atoms with Crippen molar-refractivity contribution in [3.63, 3.8) is 0 Å². The fraction of sp³-hybridized carbons (Fsp3) is 0.393. The second-order valence-corrected chi connectivity index (χ2v) is 10.7. The lowest BCUT2D eigenvalue weighted by Gasteiger charge is -2.39. The van der Waals surface area contributed by atoms with Crippen LogP contribution in [0.25, 0.3) is 0 Å². The lowest BCUT2D eigenvalue weighted by Crippen LogP contribution is -2.42. The molecule has 0 bridgehead atoms. The molecule has 0 unspecified atom stereocenters. The summed E-state index contributed by atoms with van der Waals surface area (Å²) in [7, 11) is 0. The van der Waals surface area contributed by atoms with E-state index in [4.69, 9.17) is 4.74 Å². The van der Waals surface area contributed by atoms with E-state index in [-0.39, 0.29) is 36.2 Å². The summed E-state index contributed by atoms with van der Waals surface area (Å²) in [6.07, 6.45) is 0.723. The van der Waals surface area contributed by atoms with E-state index >= 15 is 0 Å². The van der Waals surface area contributed by atoms with Crippen molar-refractivity contribution in [3.05, 3.63) is 81.1 Å². The van der Waals surface area contributed by atoms with Crippen LogP contribution in [0.3, 0.4) is 0 Å². The monoisotopic (exact) mass is 509 g/mol. The summed E-state index contributed by atoms with van der Waals surface area (Å²) in [4.78, 5) is 31.6. The minimum Gasteiger partial charge on any atom is -0.486 e. The summed E-state index contributed by atoms with van der Waals surface area (Å²) in [5, 5.41) is 5.30. The molecule has 0 radical (unpaired) electrons. The van der Waals surface area contributed by atoms with Crippen LogP contribution in [0.5, 0.6) is 5.75 Å². The van der Waals surface area contributed by atoms with Crippen molar-refractivity contribution in [1.82, 2.24) is 15.2 Å². The molecule has 1 atom stereocenters. The van der Waals surface area contributed by atoms with Crippen molar-refractivity contribution >= 4 is 23.2 Å². The first-order chi connectivity index (χ1) is 17.2. The smallest absolute Gasteiger partial charge is 0.270 e. The Balaban J connectivity index is 1.56. The number of carbonyl (C=O) groups is 2. The van der Waals surface area contributed by atoms with Crippen molar-refractivity contribution in [2.75, 3.05) is 13.1 Å². The number of ether oxygens (including phenoxy) is 1. The van der Waals surface area contributed by atoms with Crippen molar-refractivity contribution in [3.8, 4) is 5.75 Å². The van der Waals surface area contributed by atoms with Crippen molar-refractivity contribution in [2.45, 2.75) is 46.8 Å². The van der Waals surface area contributed by atoms with Gasteiger partial charge in [-0.3, -0.25) is 9.59 Å². The first-order valence-electron chi connectivity index (χ1n) is 12.3. The Morgan fingerprint density at radius 3 is 2.72 bits per heavy atom. The standard InChI is InChI=1S/C28H32FN3O3S/c1-17(2)14-30-27(33)24-16-36-25(31-24)15-35-22-9-8-19-10-11-32(28(34)18(3)4)26(23(19)13-22)20-6-5-7-21(29)12-20/h5-9,12-13,16-18,26H,10-11,14-15H2,1-4H3,(H,30,33)/t26-/m1/s1. The Kier molecular flexibility index (Phi) is 8.04. The molecule has 2 heterocycles. The van der Waals surface area contributed by atoms with E-state index in [1.165, 1.54) is 23.5 Å². The maximum Gasteiger partial charge on any atom is 0.270 e. The van der Waals surface area contributed by atoms with Crippen LogP contribution in [0.15, 0.2) is 47.8 Å². The van der Waals surface area contributed by atoms with Crippen LogP contribution in [0.4, 0.5) is 4.39 Å². The number of nitrogens with zero attached hydrogens (tertiary/aromatic N) is 2. The second-order valence-electron chi connectivity index (χ2n) is 9.77. The van der Waals surface area contributed by atoms with Crippen LogP contribution >= 0.6 is 11.3 Å². The van der Waals surface area contributed by atoms with Crippen molar-refractivity contribution < 1.29 is 18.7 Å². The quantitative estimate of drug-likeness (QED) is 0.443. The number of thiazole rings is 1. The molecule has 0 saturated heterocycles. The molecule has 3 aromatic rings. The zero-order valence-corrected chi connectivity index (χ0v) is 21.9. The number of hydrogen-bond acceptors (Lipinski definition) is 5. The van der Waals surface area contributed by atoms with Crippen LogP contribution in [0.1, 0.15) is 65.9 Å². The number of benzene rings is 2. The molecule has 1 N–H and O–H groups in total. The van der Waals surface area contributed by atoms with E-state index in [1.807, 2.05) is 56.9 Å². The molecule has 0 spiro atoms. The minimum atomic E-state index is -0.390. The van der Waals surface area contributed by atoms with Crippen LogP contribution in [-0.4, -0.2) is 34.8 Å². The van der Waals surface area contributed by atoms with Gasteiger partial charge in [-0.15, -0.1) is 11.3 Å². The third-order valence-electron chi connectivity index (χ3n) is 6.10. The first kappa shape index (κ1) is 25.8. The van der Waals surface area contributed by atoms with Crippen LogP contribution in [-0.2, 0) is 17.8 Å². The van der Waals surface area contributed by atoms with E-state index in [9.17, 15) is 14.0 Å². The molecule has 36 heavy (non-hydrogen) atoms. The average molecular weight is 510 g/mol. The fourth-order valence-electron chi connectivity index (χ4n) is 4.30. The molecule has 1 aliphatic heterocycles. The van der Waals surface area contributed by atoms with Gasteiger partial charge in [0, 0.05) is 24.4 Å². The largest absolute Gasteiger partial charge is 0.486 e. The fourth-order valence-corrected chi connectivity index (χ4v) is 4.99. The highest BCUT2D eigenvalue weighted by molar-refractivity contribution is 7.09. The molecule has 190 valence electrons. The van der Waals surface area contributed by atoms with Crippen LogP contribution < -0.4 is 10.1 Å². The summed E-state index contributed by atoms with van der Waals surface area (Å²) in [6.45, 7) is 9.23. The van der Waals surface area contributed by atoms with Gasteiger partial charge < -0.3 is 15.0 Å². The zero-order chi connectivity index (χ0) is 25.8. The molecule has 0 aliphatic carbocycles. The number of amides is 2. The average Bonchev–Trinajstić information content (AvgIpc) is 3.34. The first-order valence-corrected chi connectivity index (χ1v) is 13.1. The summed E-state index contributed by atoms with van der Waals surface area (Å²) >= 11 is 1.38. The third kappa shape index (κ3) is 5.93. The predicted octanol–water partition coefficient (Wildman–Crippen LogP) is 5.38. The van der Waals surface area contributed by atoms with Gasteiger partial charge in [-0.1, -0.05) is 45.9 Å². The number of fused-ring (bicyclic) bond motifs is 1.